The van der Waals surface area contributed by atoms with Crippen molar-refractivity contribution in [2.45, 2.75) is 12.7 Å². The van der Waals surface area contributed by atoms with Crippen molar-refractivity contribution < 1.29 is 34.7 Å². The fourth-order valence-corrected chi connectivity index (χ4v) is 1.86. The number of hydrogen-bond acceptors (Lipinski definition) is 3. The number of rotatable bonds is 6. The first kappa shape index (κ1) is 18.5. The van der Waals surface area contributed by atoms with Gasteiger partial charge in [0.25, 0.3) is 0 Å². The van der Waals surface area contributed by atoms with E-state index in [0.29, 0.717) is 36.8 Å². The van der Waals surface area contributed by atoms with Crippen LogP contribution in [-0.4, -0.2) is 20.3 Å². The molecule has 0 unspecified atom stereocenters. The average Bonchev–Trinajstić information content (AvgIpc) is 2.92. The lowest BCUT2D eigenvalue weighted by atomic mass is 10.1. The Hall–Kier alpha value is -1.50. The molecule has 0 aliphatic heterocycles. The van der Waals surface area contributed by atoms with Crippen LogP contribution in [0.2, 0.25) is 0 Å². The van der Waals surface area contributed by atoms with Gasteiger partial charge in [-0.1, -0.05) is 12.1 Å². The van der Waals surface area contributed by atoms with Gasteiger partial charge < -0.3 is 26.9 Å². The summed E-state index contributed by atoms with van der Waals surface area (Å²) >= 11 is 0. The quantitative estimate of drug-likeness (QED) is 0.790. The Balaban J connectivity index is 0.00000242. The summed E-state index contributed by atoms with van der Waals surface area (Å²) in [7, 11) is 1.61. The number of halogens is 4. The maximum Gasteiger partial charge on any atom is 0.416 e. The highest BCUT2D eigenvalue weighted by Gasteiger charge is 2.30. The SMILES string of the molecule is COCCNCc1ccc(-c2cccc(C(F)(F)F)c2)o1.[Cl-]. The van der Waals surface area contributed by atoms with E-state index >= 15 is 0 Å². The zero-order valence-corrected chi connectivity index (χ0v) is 12.7. The molecule has 0 bridgehead atoms. The van der Waals surface area contributed by atoms with Crippen molar-refractivity contribution in [1.82, 2.24) is 5.32 Å². The number of nitrogens with one attached hydrogen (secondary N) is 1. The lowest BCUT2D eigenvalue weighted by Gasteiger charge is -2.07. The van der Waals surface area contributed by atoms with E-state index in [-0.39, 0.29) is 12.4 Å². The van der Waals surface area contributed by atoms with Crippen molar-refractivity contribution in [2.75, 3.05) is 20.3 Å². The van der Waals surface area contributed by atoms with Crippen LogP contribution < -0.4 is 17.7 Å². The van der Waals surface area contributed by atoms with Crippen LogP contribution in [0.1, 0.15) is 11.3 Å². The normalized spacial score (nSPS) is 11.3. The Kier molecular flexibility index (Phi) is 6.93. The molecule has 3 nitrogen and oxygen atoms in total. The molecule has 0 amide bonds. The van der Waals surface area contributed by atoms with Crippen molar-refractivity contribution in [3.8, 4) is 11.3 Å². The molecule has 0 aliphatic carbocycles. The van der Waals surface area contributed by atoms with E-state index in [2.05, 4.69) is 5.32 Å². The predicted molar refractivity (Wildman–Crippen MR) is 72.7 cm³/mol. The Morgan fingerprint density at radius 2 is 1.95 bits per heavy atom. The maximum absolute atomic E-state index is 12.7. The molecule has 2 aromatic rings. The molecule has 122 valence electrons. The number of hydrogen-bond donors (Lipinski definition) is 1. The molecule has 0 aliphatic rings. The standard InChI is InChI=1S/C15H16F3NO2.ClH/c1-20-8-7-19-10-13-5-6-14(21-13)11-3-2-4-12(9-11)15(16,17)18;/h2-6,9,19H,7-8,10H2,1H3;1H/p-1. The largest absolute Gasteiger partial charge is 1.00 e. The van der Waals surface area contributed by atoms with E-state index in [9.17, 15) is 13.2 Å². The van der Waals surface area contributed by atoms with E-state index in [1.807, 2.05) is 0 Å². The Morgan fingerprint density at radius 3 is 2.64 bits per heavy atom. The summed E-state index contributed by atoms with van der Waals surface area (Å²) < 4.78 is 48.5. The van der Waals surface area contributed by atoms with Crippen molar-refractivity contribution in [1.29, 1.82) is 0 Å². The lowest BCUT2D eigenvalue weighted by Crippen LogP contribution is -3.00. The fourth-order valence-electron chi connectivity index (χ4n) is 1.86. The first-order valence-electron chi connectivity index (χ1n) is 6.46. The minimum Gasteiger partial charge on any atom is -1.00 e. The Bertz CT molecular complexity index is 584. The maximum atomic E-state index is 12.7. The minimum absolute atomic E-state index is 0. The molecule has 0 saturated heterocycles. The summed E-state index contributed by atoms with van der Waals surface area (Å²) in [6.45, 7) is 1.76. The van der Waals surface area contributed by atoms with Crippen LogP contribution in [0.3, 0.4) is 0 Å². The van der Waals surface area contributed by atoms with Crippen molar-refractivity contribution in [2.24, 2.45) is 0 Å². The number of furan rings is 1. The average molecular weight is 335 g/mol. The van der Waals surface area contributed by atoms with Gasteiger partial charge in [-0.25, -0.2) is 0 Å². The molecule has 1 aromatic carbocycles. The summed E-state index contributed by atoms with van der Waals surface area (Å²) in [5.41, 5.74) is -0.274. The van der Waals surface area contributed by atoms with Gasteiger partial charge in [-0.2, -0.15) is 13.2 Å². The van der Waals surface area contributed by atoms with E-state index in [1.165, 1.54) is 6.07 Å². The van der Waals surface area contributed by atoms with Crippen LogP contribution in [0.25, 0.3) is 11.3 Å². The van der Waals surface area contributed by atoms with Gasteiger partial charge in [-0.05, 0) is 24.3 Å². The fraction of sp³-hybridized carbons (Fsp3) is 0.333. The van der Waals surface area contributed by atoms with Crippen molar-refractivity contribution >= 4 is 0 Å². The van der Waals surface area contributed by atoms with Crippen LogP contribution in [0.4, 0.5) is 13.2 Å². The highest BCUT2D eigenvalue weighted by Crippen LogP contribution is 2.32. The highest BCUT2D eigenvalue weighted by molar-refractivity contribution is 5.58. The van der Waals surface area contributed by atoms with Gasteiger partial charge in [-0.3, -0.25) is 0 Å². The first-order valence-corrected chi connectivity index (χ1v) is 6.46. The van der Waals surface area contributed by atoms with Gasteiger partial charge in [0.15, 0.2) is 0 Å². The zero-order valence-electron chi connectivity index (χ0n) is 11.9. The minimum atomic E-state index is -4.35. The predicted octanol–water partition coefficient (Wildman–Crippen LogP) is 0.705. The molecule has 0 fully saturated rings. The Labute approximate surface area is 132 Å². The molecule has 7 heteroatoms. The number of benzene rings is 1. The van der Waals surface area contributed by atoms with Crippen LogP contribution in [0.5, 0.6) is 0 Å². The van der Waals surface area contributed by atoms with E-state index in [0.717, 1.165) is 12.1 Å². The van der Waals surface area contributed by atoms with Gasteiger partial charge >= 0.3 is 6.18 Å². The molecule has 22 heavy (non-hydrogen) atoms. The topological polar surface area (TPSA) is 34.4 Å². The third-order valence-electron chi connectivity index (χ3n) is 2.92. The van der Waals surface area contributed by atoms with E-state index in [4.69, 9.17) is 9.15 Å². The van der Waals surface area contributed by atoms with Crippen LogP contribution >= 0.6 is 0 Å². The number of ether oxygens (including phenoxy) is 1. The molecule has 0 saturated carbocycles. The second-order valence-corrected chi connectivity index (χ2v) is 4.51. The van der Waals surface area contributed by atoms with Gasteiger partial charge in [0.2, 0.25) is 0 Å². The van der Waals surface area contributed by atoms with Crippen LogP contribution in [0.15, 0.2) is 40.8 Å². The van der Waals surface area contributed by atoms with Gasteiger partial charge in [0.1, 0.15) is 11.5 Å². The summed E-state index contributed by atoms with van der Waals surface area (Å²) in [5, 5.41) is 3.10. The van der Waals surface area contributed by atoms with Gasteiger partial charge in [0, 0.05) is 19.2 Å². The second-order valence-electron chi connectivity index (χ2n) is 4.51. The van der Waals surface area contributed by atoms with Crippen molar-refractivity contribution in [3.05, 3.63) is 47.7 Å². The molecular formula is C15H16ClF3NO2-. The number of methoxy groups -OCH3 is 1. The molecule has 1 heterocycles. The van der Waals surface area contributed by atoms with Gasteiger partial charge in [0.05, 0.1) is 18.7 Å². The monoisotopic (exact) mass is 334 g/mol. The zero-order chi connectivity index (χ0) is 15.3. The van der Waals surface area contributed by atoms with Crippen LogP contribution in [-0.2, 0) is 17.5 Å². The smallest absolute Gasteiger partial charge is 0.416 e. The summed E-state index contributed by atoms with van der Waals surface area (Å²) in [4.78, 5) is 0. The Morgan fingerprint density at radius 1 is 1.18 bits per heavy atom. The lowest BCUT2D eigenvalue weighted by molar-refractivity contribution is -0.137. The van der Waals surface area contributed by atoms with E-state index < -0.39 is 11.7 Å². The molecular weight excluding hydrogens is 319 g/mol. The molecule has 0 radical (unpaired) electrons. The second kappa shape index (κ2) is 8.22. The highest BCUT2D eigenvalue weighted by atomic mass is 35.5. The van der Waals surface area contributed by atoms with Crippen molar-refractivity contribution in [3.63, 3.8) is 0 Å². The molecule has 1 N–H and O–H groups in total. The van der Waals surface area contributed by atoms with Crippen LogP contribution in [0, 0.1) is 0 Å². The summed E-state index contributed by atoms with van der Waals surface area (Å²) in [6.07, 6.45) is -4.35. The summed E-state index contributed by atoms with van der Waals surface area (Å²) in [6, 6.07) is 8.51. The first-order chi connectivity index (χ1) is 10.0. The third kappa shape index (κ3) is 5.05. The molecule has 0 atom stereocenters. The third-order valence-corrected chi connectivity index (χ3v) is 2.92. The molecule has 1 aromatic heterocycles. The molecule has 0 spiro atoms. The summed E-state index contributed by atoms with van der Waals surface area (Å²) in [5.74, 6) is 1.09. The molecule has 2 rings (SSSR count). The van der Waals surface area contributed by atoms with E-state index in [1.54, 1.807) is 25.3 Å². The van der Waals surface area contributed by atoms with Gasteiger partial charge in [-0.15, -0.1) is 0 Å². The number of alkyl halides is 3.